The highest BCUT2D eigenvalue weighted by atomic mass is 31.2. The first kappa shape index (κ1) is 93.0. The number of carbonyl (C=O) groups excluding carboxylic acids is 3. The van der Waals surface area contributed by atoms with E-state index in [4.69, 9.17) is 32.3 Å². The molecule has 5 atom stereocenters. The van der Waals surface area contributed by atoms with Crippen molar-refractivity contribution in [2.75, 3.05) is 39.6 Å². The summed E-state index contributed by atoms with van der Waals surface area (Å²) in [6.45, 7) is 2.46. The average Bonchev–Trinajstić information content (AvgIpc) is 2.48. The first-order valence-corrected chi connectivity index (χ1v) is 40.8. The summed E-state index contributed by atoms with van der Waals surface area (Å²) in [5.74, 6) is -1.67. The Labute approximate surface area is 589 Å². The van der Waals surface area contributed by atoms with Crippen LogP contribution in [0.2, 0.25) is 0 Å². The van der Waals surface area contributed by atoms with Gasteiger partial charge in [0.15, 0.2) is 6.10 Å². The second-order valence-corrected chi connectivity index (χ2v) is 28.0. The summed E-state index contributed by atoms with van der Waals surface area (Å²) in [4.78, 5) is 58.5. The molecule has 0 amide bonds. The Morgan fingerprint density at radius 2 is 0.567 bits per heavy atom. The van der Waals surface area contributed by atoms with Crippen molar-refractivity contribution in [1.82, 2.24) is 0 Å². The zero-order chi connectivity index (χ0) is 70.9. The molecule has 0 saturated carbocycles. The van der Waals surface area contributed by atoms with Gasteiger partial charge in [-0.15, -0.1) is 0 Å². The smallest absolute Gasteiger partial charge is 0.463 e. The fraction of sp³-hybridized carbons (Fsp3) is 0.709. The van der Waals surface area contributed by atoms with E-state index in [-0.39, 0.29) is 19.3 Å². The van der Waals surface area contributed by atoms with Crippen molar-refractivity contribution in [3.63, 3.8) is 0 Å². The normalized spacial score (nSPS) is 14.8. The van der Waals surface area contributed by atoms with Crippen LogP contribution < -0.4 is 0 Å². The van der Waals surface area contributed by atoms with Crippen molar-refractivity contribution in [1.29, 1.82) is 0 Å². The number of phosphoric ester groups is 2. The van der Waals surface area contributed by atoms with Crippen LogP contribution in [0.4, 0.5) is 0 Å². The van der Waals surface area contributed by atoms with Crippen LogP contribution >= 0.6 is 15.6 Å². The molecule has 0 bridgehead atoms. The predicted octanol–water partition coefficient (Wildman–Crippen LogP) is 21.8. The summed E-state index contributed by atoms with van der Waals surface area (Å²) in [6.07, 6.45) is 84.1. The van der Waals surface area contributed by atoms with Crippen LogP contribution in [0.3, 0.4) is 0 Å². The molecule has 0 saturated heterocycles. The van der Waals surface area contributed by atoms with Gasteiger partial charge in [-0.25, -0.2) is 9.13 Å². The molecule has 0 radical (unpaired) electrons. The van der Waals surface area contributed by atoms with Crippen LogP contribution in [0, 0.1) is 0 Å². The molecule has 0 aliphatic heterocycles. The minimum Gasteiger partial charge on any atom is -0.463 e. The summed E-state index contributed by atoms with van der Waals surface area (Å²) >= 11 is 0. The summed E-state index contributed by atoms with van der Waals surface area (Å²) in [6, 6.07) is 0. The van der Waals surface area contributed by atoms with Gasteiger partial charge >= 0.3 is 33.6 Å². The number of esters is 3. The van der Waals surface area contributed by atoms with Gasteiger partial charge in [-0.05, 0) is 103 Å². The molecule has 18 heteroatoms. The number of hydrogen-bond acceptors (Lipinski definition) is 14. The average molecular weight is 1400 g/mol. The molecule has 0 spiro atoms. The Hall–Kier alpha value is -4.05. The Balaban J connectivity index is 4.60. The van der Waals surface area contributed by atoms with Crippen LogP contribution in [0.25, 0.3) is 0 Å². The van der Waals surface area contributed by atoms with Crippen molar-refractivity contribution in [3.05, 3.63) is 122 Å². The van der Waals surface area contributed by atoms with Crippen LogP contribution in [0.1, 0.15) is 303 Å². The Bertz CT molecular complexity index is 2250. The van der Waals surface area contributed by atoms with E-state index < -0.39 is 91.5 Å². The second kappa shape index (κ2) is 71.8. The molecule has 0 rings (SSSR count). The number of unbranched alkanes of at least 4 members (excludes halogenated alkanes) is 28. The molecular formula is C79H136O16P2. The standard InChI is InChI=1S/C79H136O16P2/c1-4-7-10-13-16-19-22-25-28-30-32-33-34-35-36-37-38-39-41-43-45-47-50-53-56-59-62-65-77(82)89-68-74(80)69-91-96(85,86)92-70-75(81)71-93-97(87,88)94-73-76(95-79(84)67-64-61-58-55-52-49-44-27-24-21-18-15-12-9-6-3)72-90-78(83)66-63-60-57-54-51-48-46-42-40-31-29-26-23-20-17-14-11-8-5-2/h8,11,16-17,19-20,25-26,28-29,32-33,35-36,40,42,48,51,57,60,74-76,80-81H,4-7,9-10,12-15,18,21-24,27,30-31,34,37-39,41,43-47,49-50,52-56,58-59,61-73H2,1-3H3,(H,85,86)(H,87,88)/b11-8-,19-16-,20-17-,28-25-,29-26-,33-32-,36-35-,42-40-,51-48-,60-57-. The number of allylic oxidation sites excluding steroid dienone is 20. The summed E-state index contributed by atoms with van der Waals surface area (Å²) in [7, 11) is -9.80. The molecule has 0 aliphatic carbocycles. The molecule has 0 aliphatic rings. The molecule has 5 unspecified atom stereocenters. The first-order chi connectivity index (χ1) is 47.2. The molecule has 0 aromatic carbocycles. The molecule has 0 heterocycles. The van der Waals surface area contributed by atoms with Crippen molar-refractivity contribution in [2.45, 2.75) is 322 Å². The number of hydrogen-bond donors (Lipinski definition) is 4. The van der Waals surface area contributed by atoms with E-state index in [2.05, 4.69) is 124 Å². The molecule has 16 nitrogen and oxygen atoms in total. The van der Waals surface area contributed by atoms with E-state index in [1.165, 1.54) is 135 Å². The van der Waals surface area contributed by atoms with E-state index in [1.54, 1.807) is 0 Å². The van der Waals surface area contributed by atoms with Gasteiger partial charge < -0.3 is 34.2 Å². The van der Waals surface area contributed by atoms with Gasteiger partial charge in [0.2, 0.25) is 0 Å². The lowest BCUT2D eigenvalue weighted by Crippen LogP contribution is -2.30. The number of rotatable bonds is 71. The largest absolute Gasteiger partial charge is 0.472 e. The second-order valence-electron chi connectivity index (χ2n) is 25.1. The summed E-state index contributed by atoms with van der Waals surface area (Å²) in [5.41, 5.74) is 0. The lowest BCUT2D eigenvalue weighted by Gasteiger charge is -2.21. The summed E-state index contributed by atoms with van der Waals surface area (Å²) in [5, 5.41) is 20.6. The third kappa shape index (κ3) is 73.0. The van der Waals surface area contributed by atoms with Crippen LogP contribution in [-0.4, -0.2) is 95.9 Å². The molecular weight excluding hydrogens is 1270 g/mol. The van der Waals surface area contributed by atoms with Crippen molar-refractivity contribution >= 4 is 33.6 Å². The van der Waals surface area contributed by atoms with Gasteiger partial charge in [0.1, 0.15) is 25.4 Å². The summed E-state index contributed by atoms with van der Waals surface area (Å²) < 4.78 is 61.0. The topological polar surface area (TPSA) is 231 Å². The highest BCUT2D eigenvalue weighted by Gasteiger charge is 2.29. The van der Waals surface area contributed by atoms with Crippen LogP contribution in [0.5, 0.6) is 0 Å². The van der Waals surface area contributed by atoms with E-state index in [9.17, 15) is 43.5 Å². The highest BCUT2D eigenvalue weighted by molar-refractivity contribution is 7.47. The third-order valence-electron chi connectivity index (χ3n) is 15.7. The number of carbonyl (C=O) groups is 3. The van der Waals surface area contributed by atoms with Gasteiger partial charge in [-0.2, -0.15) is 0 Å². The van der Waals surface area contributed by atoms with E-state index in [0.717, 1.165) is 103 Å². The molecule has 558 valence electrons. The minimum atomic E-state index is -4.94. The number of phosphoric acid groups is 2. The maximum Gasteiger partial charge on any atom is 0.472 e. The van der Waals surface area contributed by atoms with Crippen LogP contribution in [0.15, 0.2) is 122 Å². The lowest BCUT2D eigenvalue weighted by atomic mass is 10.0. The quantitative estimate of drug-likeness (QED) is 0.0146. The minimum absolute atomic E-state index is 0.0449. The zero-order valence-corrected chi connectivity index (χ0v) is 62.5. The Kier molecular flexibility index (Phi) is 68.8. The Morgan fingerprint density at radius 1 is 0.299 bits per heavy atom. The van der Waals surface area contributed by atoms with Gasteiger partial charge in [0.25, 0.3) is 0 Å². The molecule has 97 heavy (non-hydrogen) atoms. The van der Waals surface area contributed by atoms with Gasteiger partial charge in [0, 0.05) is 19.3 Å². The fourth-order valence-corrected chi connectivity index (χ4v) is 11.5. The van der Waals surface area contributed by atoms with E-state index in [0.29, 0.717) is 25.7 Å². The van der Waals surface area contributed by atoms with Crippen LogP contribution in [-0.2, 0) is 55.8 Å². The molecule has 0 fully saturated rings. The van der Waals surface area contributed by atoms with Gasteiger partial charge in [-0.1, -0.05) is 303 Å². The lowest BCUT2D eigenvalue weighted by molar-refractivity contribution is -0.161. The SMILES string of the molecule is CC/C=C\C/C=C\C/C=C\C/C=C\C/C=C\C/C=C\CCC(=O)OCC(COP(=O)(O)OCC(O)COP(=O)(O)OCC(O)COC(=O)CCCCCCCCCCCCC/C=C\C/C=C\C/C=C\C/C=C\CCCCC)OC(=O)CCCCCCCCCCCCCCCCC. The first-order valence-electron chi connectivity index (χ1n) is 37.8. The number of aliphatic hydroxyl groups excluding tert-OH is 2. The number of ether oxygens (including phenoxy) is 3. The molecule has 0 aromatic heterocycles. The molecule has 4 N–H and O–H groups in total. The monoisotopic (exact) mass is 1400 g/mol. The third-order valence-corrected chi connectivity index (χ3v) is 17.6. The van der Waals surface area contributed by atoms with Gasteiger partial charge in [0.05, 0.1) is 26.4 Å². The fourth-order valence-electron chi connectivity index (χ4n) is 9.93. The molecule has 0 aromatic rings. The predicted molar refractivity (Wildman–Crippen MR) is 399 cm³/mol. The van der Waals surface area contributed by atoms with E-state index in [1.807, 2.05) is 18.2 Å². The number of aliphatic hydroxyl groups is 2. The maximum atomic E-state index is 12.9. The maximum absolute atomic E-state index is 12.9. The highest BCUT2D eigenvalue weighted by Crippen LogP contribution is 2.45. The zero-order valence-electron chi connectivity index (χ0n) is 60.7. The van der Waals surface area contributed by atoms with Crippen molar-refractivity contribution in [2.24, 2.45) is 0 Å². The van der Waals surface area contributed by atoms with Crippen molar-refractivity contribution in [3.8, 4) is 0 Å². The van der Waals surface area contributed by atoms with E-state index >= 15 is 0 Å². The van der Waals surface area contributed by atoms with Crippen molar-refractivity contribution < 1.29 is 75.8 Å². The Morgan fingerprint density at radius 3 is 0.948 bits per heavy atom. The van der Waals surface area contributed by atoms with Gasteiger partial charge in [-0.3, -0.25) is 32.5 Å².